The summed E-state index contributed by atoms with van der Waals surface area (Å²) < 4.78 is 17.0. The number of nitrogens with one attached hydrogen (secondary N) is 1. The van der Waals surface area contributed by atoms with E-state index in [9.17, 15) is 4.79 Å². The lowest BCUT2D eigenvalue weighted by Crippen LogP contribution is -2.23. The Morgan fingerprint density at radius 1 is 1.04 bits per heavy atom. The second-order valence-electron chi connectivity index (χ2n) is 5.52. The first-order valence-electron chi connectivity index (χ1n) is 8.77. The van der Waals surface area contributed by atoms with Gasteiger partial charge in [0.25, 0.3) is 5.91 Å². The Morgan fingerprint density at radius 3 is 2.08 bits per heavy atom. The third-order valence-electron chi connectivity index (χ3n) is 3.58. The number of amides is 1. The first kappa shape index (κ1) is 20.0. The van der Waals surface area contributed by atoms with Crippen molar-refractivity contribution in [2.75, 3.05) is 19.8 Å². The second kappa shape index (κ2) is 9.43. The Bertz CT molecular complexity index is 731. The lowest BCUT2D eigenvalue weighted by molar-refractivity contribution is 0.0950. The molecule has 0 fully saturated rings. The first-order valence-corrected chi connectivity index (χ1v) is 9.59. The maximum Gasteiger partial charge on any atom is 0.251 e. The Balaban J connectivity index is 2.25. The summed E-state index contributed by atoms with van der Waals surface area (Å²) in [5.41, 5.74) is 1.42. The standard InChI is InChI=1S/C19H26N2O4S/c1-6-23-15-9-14(10-16(24-7-2)18(15)25-8-3)19(22)20-11-17-12(4)21-13(5)26-17/h9-10H,6-8,11H2,1-5H3,(H,20,22). The van der Waals surface area contributed by atoms with Gasteiger partial charge in [-0.15, -0.1) is 11.3 Å². The topological polar surface area (TPSA) is 69.7 Å². The summed E-state index contributed by atoms with van der Waals surface area (Å²) in [6.07, 6.45) is 0. The van der Waals surface area contributed by atoms with E-state index in [1.165, 1.54) is 0 Å². The summed E-state index contributed by atoms with van der Waals surface area (Å²) in [7, 11) is 0. The SMILES string of the molecule is CCOc1cc(C(=O)NCc2sc(C)nc2C)cc(OCC)c1OCC. The van der Waals surface area contributed by atoms with Crippen molar-refractivity contribution in [3.63, 3.8) is 0 Å². The number of carbonyl (C=O) groups excluding carboxylic acids is 1. The van der Waals surface area contributed by atoms with Crippen molar-refractivity contribution in [2.24, 2.45) is 0 Å². The van der Waals surface area contributed by atoms with Crippen LogP contribution in [0.25, 0.3) is 0 Å². The molecule has 2 rings (SSSR count). The van der Waals surface area contributed by atoms with Gasteiger partial charge in [-0.3, -0.25) is 4.79 Å². The van der Waals surface area contributed by atoms with Crippen LogP contribution in [0.15, 0.2) is 12.1 Å². The molecule has 1 N–H and O–H groups in total. The number of aromatic nitrogens is 1. The number of carbonyl (C=O) groups is 1. The number of hydrogen-bond donors (Lipinski definition) is 1. The fourth-order valence-corrected chi connectivity index (χ4v) is 3.40. The predicted molar refractivity (Wildman–Crippen MR) is 103 cm³/mol. The van der Waals surface area contributed by atoms with Crippen LogP contribution in [0.3, 0.4) is 0 Å². The largest absolute Gasteiger partial charge is 0.490 e. The fraction of sp³-hybridized carbons (Fsp3) is 0.474. The molecule has 0 saturated carbocycles. The van der Waals surface area contributed by atoms with E-state index in [2.05, 4.69) is 10.3 Å². The molecule has 1 amide bonds. The van der Waals surface area contributed by atoms with Crippen LogP contribution in [0, 0.1) is 13.8 Å². The van der Waals surface area contributed by atoms with Gasteiger partial charge in [0, 0.05) is 10.4 Å². The number of thiazole rings is 1. The molecule has 0 saturated heterocycles. The van der Waals surface area contributed by atoms with Gasteiger partial charge in [-0.05, 0) is 46.8 Å². The number of aryl methyl sites for hydroxylation is 2. The highest BCUT2D eigenvalue weighted by atomic mass is 32.1. The van der Waals surface area contributed by atoms with Crippen molar-refractivity contribution in [2.45, 2.75) is 41.2 Å². The fourth-order valence-electron chi connectivity index (χ4n) is 2.52. The van der Waals surface area contributed by atoms with Gasteiger partial charge in [-0.2, -0.15) is 0 Å². The summed E-state index contributed by atoms with van der Waals surface area (Å²) in [5.74, 6) is 1.35. The quantitative estimate of drug-likeness (QED) is 0.717. The minimum atomic E-state index is -0.194. The smallest absolute Gasteiger partial charge is 0.251 e. The molecule has 6 nitrogen and oxygen atoms in total. The third-order valence-corrected chi connectivity index (χ3v) is 4.65. The summed E-state index contributed by atoms with van der Waals surface area (Å²) in [5, 5.41) is 3.93. The van der Waals surface area contributed by atoms with Gasteiger partial charge in [-0.25, -0.2) is 4.98 Å². The lowest BCUT2D eigenvalue weighted by atomic mass is 10.1. The van der Waals surface area contributed by atoms with Crippen LogP contribution >= 0.6 is 11.3 Å². The molecule has 7 heteroatoms. The van der Waals surface area contributed by atoms with Crippen LogP contribution in [0.2, 0.25) is 0 Å². The molecule has 0 aliphatic heterocycles. The highest BCUT2D eigenvalue weighted by Gasteiger charge is 2.18. The Hall–Kier alpha value is -2.28. The van der Waals surface area contributed by atoms with E-state index in [0.29, 0.717) is 49.2 Å². The molecule has 1 aromatic carbocycles. The number of benzene rings is 1. The molecular weight excluding hydrogens is 352 g/mol. The summed E-state index contributed by atoms with van der Waals surface area (Å²) in [4.78, 5) is 18.1. The van der Waals surface area contributed by atoms with Crippen molar-refractivity contribution < 1.29 is 19.0 Å². The first-order chi connectivity index (χ1) is 12.5. The Labute approximate surface area is 158 Å². The van der Waals surface area contributed by atoms with Gasteiger partial charge in [0.05, 0.1) is 37.1 Å². The van der Waals surface area contributed by atoms with Crippen molar-refractivity contribution in [1.29, 1.82) is 0 Å². The molecule has 2 aromatic rings. The van der Waals surface area contributed by atoms with E-state index in [1.807, 2.05) is 34.6 Å². The van der Waals surface area contributed by atoms with E-state index in [1.54, 1.807) is 23.5 Å². The van der Waals surface area contributed by atoms with E-state index < -0.39 is 0 Å². The summed E-state index contributed by atoms with van der Waals surface area (Å²) >= 11 is 1.59. The number of hydrogen-bond acceptors (Lipinski definition) is 6. The number of nitrogens with zero attached hydrogens (tertiary/aromatic N) is 1. The molecule has 0 spiro atoms. The van der Waals surface area contributed by atoms with Crippen molar-refractivity contribution in [1.82, 2.24) is 10.3 Å². The summed E-state index contributed by atoms with van der Waals surface area (Å²) in [6, 6.07) is 3.38. The molecule has 1 aromatic heterocycles. The van der Waals surface area contributed by atoms with Crippen LogP contribution in [0.1, 0.15) is 46.7 Å². The van der Waals surface area contributed by atoms with Crippen molar-refractivity contribution >= 4 is 17.2 Å². The molecule has 0 atom stereocenters. The monoisotopic (exact) mass is 378 g/mol. The van der Waals surface area contributed by atoms with Gasteiger partial charge >= 0.3 is 0 Å². The molecule has 26 heavy (non-hydrogen) atoms. The van der Waals surface area contributed by atoms with Gasteiger partial charge in [-0.1, -0.05) is 0 Å². The zero-order valence-corrected chi connectivity index (χ0v) is 16.8. The minimum Gasteiger partial charge on any atom is -0.490 e. The maximum atomic E-state index is 12.6. The highest BCUT2D eigenvalue weighted by molar-refractivity contribution is 7.11. The average molecular weight is 378 g/mol. The van der Waals surface area contributed by atoms with Crippen molar-refractivity contribution in [3.05, 3.63) is 33.3 Å². The highest BCUT2D eigenvalue weighted by Crippen LogP contribution is 2.39. The van der Waals surface area contributed by atoms with Gasteiger partial charge in [0.15, 0.2) is 11.5 Å². The van der Waals surface area contributed by atoms with E-state index in [-0.39, 0.29) is 5.91 Å². The molecule has 0 aliphatic rings. The van der Waals surface area contributed by atoms with Crippen LogP contribution in [-0.2, 0) is 6.54 Å². The van der Waals surface area contributed by atoms with Crippen LogP contribution in [0.5, 0.6) is 17.2 Å². The maximum absolute atomic E-state index is 12.6. The third kappa shape index (κ3) is 4.88. The van der Waals surface area contributed by atoms with Gasteiger partial charge in [0.2, 0.25) is 5.75 Å². The van der Waals surface area contributed by atoms with E-state index in [0.717, 1.165) is 15.6 Å². The molecular formula is C19H26N2O4S. The van der Waals surface area contributed by atoms with E-state index >= 15 is 0 Å². The minimum absolute atomic E-state index is 0.194. The van der Waals surface area contributed by atoms with Crippen molar-refractivity contribution in [3.8, 4) is 17.2 Å². The van der Waals surface area contributed by atoms with Crippen LogP contribution in [-0.4, -0.2) is 30.7 Å². The predicted octanol–water partition coefficient (Wildman–Crippen LogP) is 3.89. The van der Waals surface area contributed by atoms with Gasteiger partial charge in [0.1, 0.15) is 0 Å². The molecule has 0 unspecified atom stereocenters. The zero-order valence-electron chi connectivity index (χ0n) is 16.0. The lowest BCUT2D eigenvalue weighted by Gasteiger charge is -2.17. The van der Waals surface area contributed by atoms with Crippen LogP contribution in [0.4, 0.5) is 0 Å². The molecule has 0 radical (unpaired) electrons. The normalized spacial score (nSPS) is 10.5. The number of rotatable bonds is 9. The average Bonchev–Trinajstić information content (AvgIpc) is 2.93. The zero-order chi connectivity index (χ0) is 19.1. The number of ether oxygens (including phenoxy) is 3. The second-order valence-corrected chi connectivity index (χ2v) is 6.81. The molecule has 1 heterocycles. The Kier molecular flexibility index (Phi) is 7.26. The molecule has 142 valence electrons. The van der Waals surface area contributed by atoms with Gasteiger partial charge < -0.3 is 19.5 Å². The molecule has 0 aliphatic carbocycles. The van der Waals surface area contributed by atoms with E-state index in [4.69, 9.17) is 14.2 Å². The summed E-state index contributed by atoms with van der Waals surface area (Å²) in [6.45, 7) is 11.4. The molecule has 0 bridgehead atoms. The Morgan fingerprint density at radius 2 is 1.62 bits per heavy atom. The van der Waals surface area contributed by atoms with Crippen LogP contribution < -0.4 is 19.5 Å².